The summed E-state index contributed by atoms with van der Waals surface area (Å²) in [4.78, 5) is 24.7. The number of imidazole rings is 1. The number of nitrogens with one attached hydrogen (secondary N) is 1. The van der Waals surface area contributed by atoms with Gasteiger partial charge in [-0.1, -0.05) is 19.1 Å². The highest BCUT2D eigenvalue weighted by atomic mass is 32.2. The second-order valence-corrected chi connectivity index (χ2v) is 8.70. The van der Waals surface area contributed by atoms with Gasteiger partial charge in [0.25, 0.3) is 5.91 Å². The smallest absolute Gasteiger partial charge is 0.251 e. The summed E-state index contributed by atoms with van der Waals surface area (Å²) in [6.07, 6.45) is 4.34. The van der Waals surface area contributed by atoms with Gasteiger partial charge in [0, 0.05) is 42.0 Å². The number of fused-ring (bicyclic) bond motifs is 1. The normalized spacial score (nSPS) is 19.8. The molecular weight excluding hydrogens is 380 g/mol. The molecule has 1 unspecified atom stereocenters. The fourth-order valence-corrected chi connectivity index (χ4v) is 5.20. The van der Waals surface area contributed by atoms with Crippen LogP contribution < -0.4 is 9.80 Å². The maximum atomic E-state index is 12.9. The highest BCUT2D eigenvalue weighted by Crippen LogP contribution is 2.40. The average Bonchev–Trinajstić information content (AvgIpc) is 3.37. The lowest BCUT2D eigenvalue weighted by atomic mass is 9.97. The van der Waals surface area contributed by atoms with Crippen LogP contribution in [-0.2, 0) is 4.79 Å². The topological polar surface area (TPSA) is 52.2 Å². The molecule has 5 nitrogen and oxygen atoms in total. The van der Waals surface area contributed by atoms with Crippen molar-refractivity contribution < 1.29 is 4.79 Å². The van der Waals surface area contributed by atoms with Crippen LogP contribution in [0.3, 0.4) is 0 Å². The minimum Gasteiger partial charge on any atom is -0.370 e. The molecule has 2 aliphatic rings. The maximum Gasteiger partial charge on any atom is 0.251 e. The molecule has 29 heavy (non-hydrogen) atoms. The molecule has 2 aliphatic heterocycles. The molecule has 1 atom stereocenters. The molecule has 0 aliphatic carbocycles. The van der Waals surface area contributed by atoms with Gasteiger partial charge in [-0.2, -0.15) is 11.8 Å². The van der Waals surface area contributed by atoms with Gasteiger partial charge in [0.05, 0.1) is 23.4 Å². The number of hydrogen-bond acceptors (Lipinski definition) is 4. The molecule has 0 saturated carbocycles. The number of aromatic amines is 1. The molecule has 1 amide bonds. The average molecular weight is 405 g/mol. The van der Waals surface area contributed by atoms with Gasteiger partial charge in [0.2, 0.25) is 0 Å². The van der Waals surface area contributed by atoms with E-state index in [2.05, 4.69) is 46.1 Å². The van der Waals surface area contributed by atoms with Crippen LogP contribution in [-0.4, -0.2) is 40.5 Å². The Balaban J connectivity index is 1.49. The fourth-order valence-electron chi connectivity index (χ4n) is 4.30. The monoisotopic (exact) mass is 404 g/mol. The molecule has 0 radical (unpaired) electrons. The minimum absolute atomic E-state index is 0.0443. The Labute approximate surface area is 174 Å². The van der Waals surface area contributed by atoms with Gasteiger partial charge in [0.15, 0.2) is 0 Å². The SMILES string of the molecule is CCC1=CC(=O)N(c2ccc3nc[nH]c3c2)C1c1ccc(N2CCSCC2)cc1. The van der Waals surface area contributed by atoms with Gasteiger partial charge >= 0.3 is 0 Å². The number of benzene rings is 2. The van der Waals surface area contributed by atoms with Crippen molar-refractivity contribution in [3.8, 4) is 0 Å². The van der Waals surface area contributed by atoms with E-state index in [9.17, 15) is 4.79 Å². The van der Waals surface area contributed by atoms with Crippen molar-refractivity contribution in [2.45, 2.75) is 19.4 Å². The van der Waals surface area contributed by atoms with Crippen molar-refractivity contribution in [3.05, 3.63) is 66.0 Å². The first kappa shape index (κ1) is 18.3. The summed E-state index contributed by atoms with van der Waals surface area (Å²) >= 11 is 2.02. The molecule has 5 rings (SSSR count). The molecule has 0 spiro atoms. The summed E-state index contributed by atoms with van der Waals surface area (Å²) in [6, 6.07) is 14.7. The van der Waals surface area contributed by atoms with E-state index in [4.69, 9.17) is 0 Å². The van der Waals surface area contributed by atoms with Crippen molar-refractivity contribution >= 4 is 40.1 Å². The summed E-state index contributed by atoms with van der Waals surface area (Å²) in [6.45, 7) is 4.32. The number of H-pyrrole nitrogens is 1. The first-order valence-electron chi connectivity index (χ1n) is 10.1. The van der Waals surface area contributed by atoms with Crippen molar-refractivity contribution in [1.29, 1.82) is 0 Å². The predicted molar refractivity (Wildman–Crippen MR) is 121 cm³/mol. The minimum atomic E-state index is -0.0566. The largest absolute Gasteiger partial charge is 0.370 e. The Hall–Kier alpha value is -2.73. The Morgan fingerprint density at radius 3 is 2.62 bits per heavy atom. The third-order valence-electron chi connectivity index (χ3n) is 5.83. The molecule has 0 bridgehead atoms. The molecular formula is C23H24N4OS. The second-order valence-electron chi connectivity index (χ2n) is 7.48. The molecule has 2 aromatic carbocycles. The summed E-state index contributed by atoms with van der Waals surface area (Å²) in [5, 5.41) is 0. The maximum absolute atomic E-state index is 12.9. The van der Waals surface area contributed by atoms with Gasteiger partial charge in [-0.05, 0) is 47.9 Å². The van der Waals surface area contributed by atoms with Crippen LogP contribution in [0.5, 0.6) is 0 Å². The lowest BCUT2D eigenvalue weighted by Gasteiger charge is -2.30. The lowest BCUT2D eigenvalue weighted by molar-refractivity contribution is -0.113. The first-order chi connectivity index (χ1) is 14.2. The van der Waals surface area contributed by atoms with E-state index in [0.29, 0.717) is 0 Å². The first-order valence-corrected chi connectivity index (χ1v) is 11.3. The molecule has 1 aromatic heterocycles. The molecule has 1 N–H and O–H groups in total. The van der Waals surface area contributed by atoms with E-state index in [1.165, 1.54) is 17.2 Å². The van der Waals surface area contributed by atoms with Crippen LogP contribution >= 0.6 is 11.8 Å². The second kappa shape index (κ2) is 7.59. The number of amides is 1. The van der Waals surface area contributed by atoms with Crippen LogP contribution in [0.2, 0.25) is 0 Å². The predicted octanol–water partition coefficient (Wildman–Crippen LogP) is 4.54. The highest BCUT2D eigenvalue weighted by molar-refractivity contribution is 7.99. The quantitative estimate of drug-likeness (QED) is 0.694. The van der Waals surface area contributed by atoms with Crippen molar-refractivity contribution in [2.75, 3.05) is 34.4 Å². The fraction of sp³-hybridized carbons (Fsp3) is 0.304. The molecule has 3 heterocycles. The van der Waals surface area contributed by atoms with Gasteiger partial charge in [0.1, 0.15) is 0 Å². The van der Waals surface area contributed by atoms with Gasteiger partial charge in [-0.25, -0.2) is 4.98 Å². The van der Waals surface area contributed by atoms with E-state index in [1.54, 1.807) is 12.4 Å². The molecule has 3 aromatic rings. The van der Waals surface area contributed by atoms with Crippen LogP contribution in [0.4, 0.5) is 11.4 Å². The zero-order valence-corrected chi connectivity index (χ0v) is 17.3. The summed E-state index contributed by atoms with van der Waals surface area (Å²) in [5.74, 6) is 2.42. The van der Waals surface area contributed by atoms with E-state index in [-0.39, 0.29) is 11.9 Å². The van der Waals surface area contributed by atoms with Crippen LogP contribution in [0.15, 0.2) is 60.4 Å². The lowest BCUT2D eigenvalue weighted by Crippen LogP contribution is -2.32. The zero-order chi connectivity index (χ0) is 19.8. The summed E-state index contributed by atoms with van der Waals surface area (Å²) in [7, 11) is 0. The van der Waals surface area contributed by atoms with Gasteiger partial charge in [-0.15, -0.1) is 0 Å². The van der Waals surface area contributed by atoms with Crippen LogP contribution in [0, 0.1) is 0 Å². The number of anilines is 2. The van der Waals surface area contributed by atoms with E-state index in [0.717, 1.165) is 47.4 Å². The number of carbonyl (C=O) groups is 1. The molecule has 1 saturated heterocycles. The number of thioether (sulfide) groups is 1. The highest BCUT2D eigenvalue weighted by Gasteiger charge is 2.34. The standard InChI is InChI=1S/C23H24N4OS/c1-2-16-13-22(28)27(19-7-8-20-21(14-19)25-15-24-20)23(16)17-3-5-18(6-4-17)26-9-11-29-12-10-26/h3-8,13-15,23H,2,9-12H2,1H3,(H,24,25). The Morgan fingerprint density at radius 2 is 1.86 bits per heavy atom. The number of aromatic nitrogens is 2. The summed E-state index contributed by atoms with van der Waals surface area (Å²) in [5.41, 5.74) is 6.33. The molecule has 148 valence electrons. The van der Waals surface area contributed by atoms with Crippen molar-refractivity contribution in [1.82, 2.24) is 9.97 Å². The number of nitrogens with zero attached hydrogens (tertiary/aromatic N) is 3. The third kappa shape index (κ3) is 3.31. The van der Waals surface area contributed by atoms with E-state index in [1.807, 2.05) is 34.9 Å². The van der Waals surface area contributed by atoms with E-state index >= 15 is 0 Å². The Kier molecular flexibility index (Phi) is 4.79. The Morgan fingerprint density at radius 1 is 1.10 bits per heavy atom. The third-order valence-corrected chi connectivity index (χ3v) is 6.77. The van der Waals surface area contributed by atoms with Crippen LogP contribution in [0.1, 0.15) is 24.9 Å². The number of hydrogen-bond donors (Lipinski definition) is 1. The van der Waals surface area contributed by atoms with Gasteiger partial charge in [-0.3, -0.25) is 9.69 Å². The Bertz CT molecular complexity index is 1070. The van der Waals surface area contributed by atoms with Crippen LogP contribution in [0.25, 0.3) is 11.0 Å². The van der Waals surface area contributed by atoms with Crippen molar-refractivity contribution in [2.24, 2.45) is 0 Å². The zero-order valence-electron chi connectivity index (χ0n) is 16.5. The summed E-state index contributed by atoms with van der Waals surface area (Å²) < 4.78 is 0. The number of carbonyl (C=O) groups excluding carboxylic acids is 1. The van der Waals surface area contributed by atoms with Gasteiger partial charge < -0.3 is 9.88 Å². The molecule has 1 fully saturated rings. The van der Waals surface area contributed by atoms with Crippen molar-refractivity contribution in [3.63, 3.8) is 0 Å². The molecule has 6 heteroatoms. The number of rotatable bonds is 4. The van der Waals surface area contributed by atoms with E-state index < -0.39 is 0 Å².